The molecule has 108 valence electrons. The van der Waals surface area contributed by atoms with Crippen LogP contribution in [0.5, 0.6) is 0 Å². The fourth-order valence-electron chi connectivity index (χ4n) is 3.05. The number of hydrogen-bond acceptors (Lipinski definition) is 4. The molecule has 3 rings (SSSR count). The summed E-state index contributed by atoms with van der Waals surface area (Å²) in [5.41, 5.74) is 8.65. The zero-order chi connectivity index (χ0) is 13.9. The minimum absolute atomic E-state index is 0.446. The number of aromatic amines is 1. The molecule has 20 heavy (non-hydrogen) atoms. The van der Waals surface area contributed by atoms with Crippen molar-refractivity contribution in [3.8, 4) is 0 Å². The van der Waals surface area contributed by atoms with E-state index in [-0.39, 0.29) is 0 Å². The molecule has 0 unspecified atom stereocenters. The van der Waals surface area contributed by atoms with Crippen LogP contribution in [0, 0.1) is 5.92 Å². The van der Waals surface area contributed by atoms with Gasteiger partial charge in [0.1, 0.15) is 0 Å². The van der Waals surface area contributed by atoms with Crippen molar-refractivity contribution in [3.63, 3.8) is 0 Å². The van der Waals surface area contributed by atoms with Crippen LogP contribution < -0.4 is 16.8 Å². The third-order valence-corrected chi connectivity index (χ3v) is 4.18. The molecule has 5 nitrogen and oxygen atoms in total. The van der Waals surface area contributed by atoms with Gasteiger partial charge in [-0.1, -0.05) is 32.1 Å². The number of rotatable bonds is 4. The molecule has 1 aliphatic rings. The predicted molar refractivity (Wildman–Crippen MR) is 80.9 cm³/mol. The molecule has 2 aromatic rings. The standard InChI is InChI=1S/C15H21N3O2/c16-11-8-14-13(18-15(19)20-14)9-12(11)17-7-6-10-4-2-1-3-5-10/h8-10,17H,1-7,16H2,(H,18,19). The quantitative estimate of drug-likeness (QED) is 0.749. The zero-order valence-corrected chi connectivity index (χ0v) is 11.6. The summed E-state index contributed by atoms with van der Waals surface area (Å²) in [6.07, 6.45) is 8.02. The first kappa shape index (κ1) is 13.1. The Kier molecular flexibility index (Phi) is 3.67. The molecule has 1 fully saturated rings. The largest absolute Gasteiger partial charge is 0.417 e. The van der Waals surface area contributed by atoms with E-state index in [0.717, 1.165) is 18.2 Å². The van der Waals surface area contributed by atoms with Gasteiger partial charge in [-0.15, -0.1) is 0 Å². The molecule has 1 heterocycles. The fraction of sp³-hybridized carbons (Fsp3) is 0.533. The Morgan fingerprint density at radius 3 is 2.90 bits per heavy atom. The molecule has 4 N–H and O–H groups in total. The number of anilines is 2. The molecule has 0 amide bonds. The molecule has 0 bridgehead atoms. The van der Waals surface area contributed by atoms with Gasteiger partial charge in [-0.2, -0.15) is 0 Å². The first-order valence-electron chi connectivity index (χ1n) is 7.38. The summed E-state index contributed by atoms with van der Waals surface area (Å²) in [6, 6.07) is 3.53. The predicted octanol–water partition coefficient (Wildman–Crippen LogP) is 3.09. The van der Waals surface area contributed by atoms with E-state index in [2.05, 4.69) is 10.3 Å². The van der Waals surface area contributed by atoms with Gasteiger partial charge < -0.3 is 15.5 Å². The second kappa shape index (κ2) is 5.61. The monoisotopic (exact) mass is 275 g/mol. The van der Waals surface area contributed by atoms with Crippen molar-refractivity contribution in [2.45, 2.75) is 38.5 Å². The summed E-state index contributed by atoms with van der Waals surface area (Å²) in [7, 11) is 0. The number of hydrogen-bond donors (Lipinski definition) is 3. The van der Waals surface area contributed by atoms with E-state index in [1.165, 1.54) is 38.5 Å². The Hall–Kier alpha value is -1.91. The summed E-state index contributed by atoms with van der Waals surface area (Å²) in [5.74, 6) is 0.397. The Balaban J connectivity index is 1.64. The lowest BCUT2D eigenvalue weighted by molar-refractivity contribution is 0.345. The number of benzene rings is 1. The maximum absolute atomic E-state index is 11.1. The molecule has 0 radical (unpaired) electrons. The highest BCUT2D eigenvalue weighted by Gasteiger charge is 2.13. The first-order chi connectivity index (χ1) is 9.72. The highest BCUT2D eigenvalue weighted by Crippen LogP contribution is 2.28. The lowest BCUT2D eigenvalue weighted by Gasteiger charge is -2.21. The smallest absolute Gasteiger partial charge is 0.408 e. The van der Waals surface area contributed by atoms with Gasteiger partial charge in [0.25, 0.3) is 0 Å². The Morgan fingerprint density at radius 2 is 2.10 bits per heavy atom. The fourth-order valence-corrected chi connectivity index (χ4v) is 3.05. The molecule has 0 saturated heterocycles. The molecule has 1 aromatic heterocycles. The Labute approximate surface area is 117 Å². The third-order valence-electron chi connectivity index (χ3n) is 4.18. The maximum atomic E-state index is 11.1. The molecule has 1 saturated carbocycles. The summed E-state index contributed by atoms with van der Waals surface area (Å²) in [6.45, 7) is 0.919. The van der Waals surface area contributed by atoms with Crippen LogP contribution in [-0.4, -0.2) is 11.5 Å². The van der Waals surface area contributed by atoms with Gasteiger partial charge in [0.15, 0.2) is 5.58 Å². The number of aromatic nitrogens is 1. The van der Waals surface area contributed by atoms with Crippen molar-refractivity contribution in [2.24, 2.45) is 5.92 Å². The lowest BCUT2D eigenvalue weighted by atomic mass is 9.87. The van der Waals surface area contributed by atoms with Gasteiger partial charge in [0.05, 0.1) is 16.9 Å². The van der Waals surface area contributed by atoms with Crippen molar-refractivity contribution in [2.75, 3.05) is 17.6 Å². The van der Waals surface area contributed by atoms with Crippen LogP contribution in [0.2, 0.25) is 0 Å². The van der Waals surface area contributed by atoms with Gasteiger partial charge in [-0.3, -0.25) is 4.98 Å². The van der Waals surface area contributed by atoms with Crippen LogP contribution in [0.15, 0.2) is 21.3 Å². The molecule has 1 aromatic carbocycles. The van der Waals surface area contributed by atoms with Gasteiger partial charge >= 0.3 is 5.76 Å². The second-order valence-electron chi connectivity index (χ2n) is 5.67. The van der Waals surface area contributed by atoms with Crippen molar-refractivity contribution < 1.29 is 4.42 Å². The Morgan fingerprint density at radius 1 is 1.30 bits per heavy atom. The molecule has 1 aliphatic carbocycles. The number of oxazole rings is 1. The van der Waals surface area contributed by atoms with Crippen LogP contribution in [0.4, 0.5) is 11.4 Å². The van der Waals surface area contributed by atoms with E-state index < -0.39 is 5.76 Å². The summed E-state index contributed by atoms with van der Waals surface area (Å²) in [5, 5.41) is 3.37. The van der Waals surface area contributed by atoms with Crippen LogP contribution in [-0.2, 0) is 0 Å². The van der Waals surface area contributed by atoms with Crippen molar-refractivity contribution in [3.05, 3.63) is 22.7 Å². The number of H-pyrrole nitrogens is 1. The average Bonchev–Trinajstić information content (AvgIpc) is 2.79. The average molecular weight is 275 g/mol. The second-order valence-corrected chi connectivity index (χ2v) is 5.67. The van der Waals surface area contributed by atoms with Crippen molar-refractivity contribution >= 4 is 22.5 Å². The molecule has 0 atom stereocenters. The number of nitrogens with one attached hydrogen (secondary N) is 2. The maximum Gasteiger partial charge on any atom is 0.417 e. The number of nitrogen functional groups attached to an aromatic ring is 1. The van der Waals surface area contributed by atoms with Gasteiger partial charge in [0, 0.05) is 12.6 Å². The van der Waals surface area contributed by atoms with Crippen LogP contribution in [0.3, 0.4) is 0 Å². The van der Waals surface area contributed by atoms with E-state index in [1.807, 2.05) is 6.07 Å². The van der Waals surface area contributed by atoms with Crippen molar-refractivity contribution in [1.29, 1.82) is 0 Å². The van der Waals surface area contributed by atoms with E-state index in [1.54, 1.807) is 6.07 Å². The van der Waals surface area contributed by atoms with E-state index in [0.29, 0.717) is 16.8 Å². The van der Waals surface area contributed by atoms with Crippen LogP contribution in [0.1, 0.15) is 38.5 Å². The summed E-state index contributed by atoms with van der Waals surface area (Å²) < 4.78 is 4.98. The molecule has 5 heteroatoms. The molecular formula is C15H21N3O2. The molecule has 0 aliphatic heterocycles. The van der Waals surface area contributed by atoms with Gasteiger partial charge in [-0.25, -0.2) is 4.79 Å². The number of fused-ring (bicyclic) bond motifs is 1. The van der Waals surface area contributed by atoms with E-state index in [9.17, 15) is 4.79 Å². The normalized spacial score (nSPS) is 16.6. The Bertz CT molecular complexity index is 638. The third kappa shape index (κ3) is 2.81. The molecule has 0 spiro atoms. The van der Waals surface area contributed by atoms with Gasteiger partial charge in [0.2, 0.25) is 0 Å². The topological polar surface area (TPSA) is 84.0 Å². The van der Waals surface area contributed by atoms with E-state index in [4.69, 9.17) is 10.2 Å². The summed E-state index contributed by atoms with van der Waals surface area (Å²) >= 11 is 0. The van der Waals surface area contributed by atoms with E-state index >= 15 is 0 Å². The van der Waals surface area contributed by atoms with Gasteiger partial charge in [-0.05, 0) is 18.4 Å². The van der Waals surface area contributed by atoms with Crippen LogP contribution in [0.25, 0.3) is 11.1 Å². The lowest BCUT2D eigenvalue weighted by Crippen LogP contribution is -2.12. The highest BCUT2D eigenvalue weighted by molar-refractivity contribution is 5.85. The minimum Gasteiger partial charge on any atom is -0.408 e. The first-order valence-corrected chi connectivity index (χ1v) is 7.38. The highest BCUT2D eigenvalue weighted by atomic mass is 16.4. The van der Waals surface area contributed by atoms with Crippen molar-refractivity contribution in [1.82, 2.24) is 4.98 Å². The summed E-state index contributed by atoms with van der Waals surface area (Å²) in [4.78, 5) is 13.8. The minimum atomic E-state index is -0.446. The van der Waals surface area contributed by atoms with Crippen LogP contribution >= 0.6 is 0 Å². The zero-order valence-electron chi connectivity index (χ0n) is 11.6. The SMILES string of the molecule is Nc1cc2oc(=O)[nH]c2cc1NCCC1CCCCC1. The number of nitrogens with two attached hydrogens (primary N) is 1. The molecular weight excluding hydrogens is 254 g/mol.